The largest absolute Gasteiger partial charge is 0.294 e. The molecule has 0 aliphatic carbocycles. The molecule has 1 nitrogen and oxygen atoms in total. The van der Waals surface area contributed by atoms with Crippen molar-refractivity contribution in [3.05, 3.63) is 35.4 Å². The number of benzene rings is 1. The molecule has 0 saturated heterocycles. The zero-order valence-electron chi connectivity index (χ0n) is 8.30. The van der Waals surface area contributed by atoms with Crippen LogP contribution in [0.1, 0.15) is 29.3 Å². The Hall–Kier alpha value is -0.820. The molecule has 0 atom stereocenters. The van der Waals surface area contributed by atoms with Crippen molar-refractivity contribution >= 4 is 17.4 Å². The van der Waals surface area contributed by atoms with Crippen LogP contribution in [0.15, 0.2) is 24.3 Å². The van der Waals surface area contributed by atoms with Crippen molar-refractivity contribution in [3.63, 3.8) is 0 Å². The van der Waals surface area contributed by atoms with Gasteiger partial charge in [0.25, 0.3) is 0 Å². The van der Waals surface area contributed by atoms with E-state index in [1.807, 2.05) is 38.1 Å². The number of Topliss-reactive ketones (excluding diaryl/α,β-unsaturated/α-hetero) is 1. The third-order valence-electron chi connectivity index (χ3n) is 1.69. The summed E-state index contributed by atoms with van der Waals surface area (Å²) in [6.45, 7) is 3.89. The topological polar surface area (TPSA) is 17.1 Å². The Balaban J connectivity index is 0.000000671. The van der Waals surface area contributed by atoms with Gasteiger partial charge in [0.1, 0.15) is 0 Å². The first-order valence-corrected chi connectivity index (χ1v) is 4.97. The molecule has 13 heavy (non-hydrogen) atoms. The van der Waals surface area contributed by atoms with Crippen molar-refractivity contribution < 1.29 is 4.79 Å². The van der Waals surface area contributed by atoms with Gasteiger partial charge in [-0.05, 0) is 6.92 Å². The number of aryl methyl sites for hydroxylation is 1. The minimum absolute atomic E-state index is 0.213. The Labute approximate surface area is 84.7 Å². The summed E-state index contributed by atoms with van der Waals surface area (Å²) in [7, 11) is 0. The van der Waals surface area contributed by atoms with E-state index in [0.29, 0.717) is 6.42 Å². The van der Waals surface area contributed by atoms with Crippen LogP contribution in [0.5, 0.6) is 0 Å². The smallest absolute Gasteiger partial charge is 0.162 e. The van der Waals surface area contributed by atoms with Gasteiger partial charge < -0.3 is 0 Å². The summed E-state index contributed by atoms with van der Waals surface area (Å²) < 4.78 is 0. The molecule has 0 fully saturated rings. The molecule has 0 spiro atoms. The van der Waals surface area contributed by atoms with Crippen LogP contribution in [-0.2, 0) is 0 Å². The summed E-state index contributed by atoms with van der Waals surface area (Å²) in [6.07, 6.45) is 2.06. The maximum absolute atomic E-state index is 11.1. The molecule has 2 heteroatoms. The number of alkyl halides is 1. The Morgan fingerprint density at radius 3 is 2.08 bits per heavy atom. The van der Waals surface area contributed by atoms with Crippen LogP contribution in [0.3, 0.4) is 0 Å². The van der Waals surface area contributed by atoms with Gasteiger partial charge in [-0.3, -0.25) is 4.79 Å². The summed E-state index contributed by atoms with van der Waals surface area (Å²) in [5.74, 6) is 0.213. The van der Waals surface area contributed by atoms with E-state index in [0.717, 1.165) is 5.56 Å². The van der Waals surface area contributed by atoms with E-state index < -0.39 is 0 Å². The molecule has 72 valence electrons. The Kier molecular flexibility index (Phi) is 6.25. The average Bonchev–Trinajstić information content (AvgIpc) is 2.21. The van der Waals surface area contributed by atoms with E-state index in [9.17, 15) is 4.79 Å². The van der Waals surface area contributed by atoms with Gasteiger partial charge in [0.2, 0.25) is 0 Å². The van der Waals surface area contributed by atoms with Crippen LogP contribution in [0.2, 0.25) is 0 Å². The van der Waals surface area contributed by atoms with E-state index in [-0.39, 0.29) is 5.78 Å². The first-order valence-electron chi connectivity index (χ1n) is 4.21. The van der Waals surface area contributed by atoms with Gasteiger partial charge in [0.15, 0.2) is 5.78 Å². The Morgan fingerprint density at radius 2 is 1.69 bits per heavy atom. The van der Waals surface area contributed by atoms with Gasteiger partial charge in [0, 0.05) is 18.4 Å². The fraction of sp³-hybridized carbons (Fsp3) is 0.364. The van der Waals surface area contributed by atoms with Crippen molar-refractivity contribution in [2.75, 3.05) is 6.38 Å². The van der Waals surface area contributed by atoms with Crippen molar-refractivity contribution in [1.82, 2.24) is 0 Å². The minimum Gasteiger partial charge on any atom is -0.294 e. The van der Waals surface area contributed by atoms with Crippen LogP contribution >= 0.6 is 11.6 Å². The lowest BCUT2D eigenvalue weighted by atomic mass is 10.1. The summed E-state index contributed by atoms with van der Waals surface area (Å²) in [5.41, 5.74) is 2.01. The van der Waals surface area contributed by atoms with Gasteiger partial charge in [-0.25, -0.2) is 0 Å². The molecule has 0 amide bonds. The predicted molar refractivity (Wildman–Crippen MR) is 57.6 cm³/mol. The standard InChI is InChI=1S/C10H12O.CH3Cl/c1-3-10(11)9-6-4-8(2)5-7-9;1-2/h4-7H,3H2,1-2H3;1H3. The monoisotopic (exact) mass is 198 g/mol. The van der Waals surface area contributed by atoms with Crippen LogP contribution < -0.4 is 0 Å². The summed E-state index contributed by atoms with van der Waals surface area (Å²) >= 11 is 4.64. The van der Waals surface area contributed by atoms with E-state index >= 15 is 0 Å². The van der Waals surface area contributed by atoms with Crippen LogP contribution in [-0.4, -0.2) is 12.2 Å². The van der Waals surface area contributed by atoms with Gasteiger partial charge >= 0.3 is 0 Å². The van der Waals surface area contributed by atoms with Crippen LogP contribution in [0.25, 0.3) is 0 Å². The number of carbonyl (C=O) groups excluding carboxylic acids is 1. The highest BCUT2D eigenvalue weighted by Crippen LogP contribution is 2.05. The summed E-state index contributed by atoms with van der Waals surface area (Å²) in [6, 6.07) is 7.67. The lowest BCUT2D eigenvalue weighted by molar-refractivity contribution is 0.0988. The molecule has 1 aromatic rings. The zero-order chi connectivity index (χ0) is 10.3. The molecule has 0 aliphatic heterocycles. The van der Waals surface area contributed by atoms with Crippen molar-refractivity contribution in [2.24, 2.45) is 0 Å². The van der Waals surface area contributed by atoms with Crippen LogP contribution in [0.4, 0.5) is 0 Å². The first-order chi connectivity index (χ1) is 6.24. The highest BCUT2D eigenvalue weighted by Gasteiger charge is 1.99. The second kappa shape index (κ2) is 6.67. The van der Waals surface area contributed by atoms with Crippen LogP contribution in [0, 0.1) is 6.92 Å². The SMILES string of the molecule is CCC(=O)c1ccc(C)cc1.CCl. The molecule has 0 N–H and O–H groups in total. The molecule has 0 aromatic heterocycles. The maximum atomic E-state index is 11.1. The lowest BCUT2D eigenvalue weighted by Crippen LogP contribution is -1.95. The molecule has 0 radical (unpaired) electrons. The third kappa shape index (κ3) is 4.09. The number of halogens is 1. The minimum atomic E-state index is 0.213. The van der Waals surface area contributed by atoms with E-state index in [1.54, 1.807) is 0 Å². The molecule has 1 rings (SSSR count). The van der Waals surface area contributed by atoms with Crippen molar-refractivity contribution in [3.8, 4) is 0 Å². The molecular weight excluding hydrogens is 184 g/mol. The number of hydrogen-bond acceptors (Lipinski definition) is 1. The van der Waals surface area contributed by atoms with Crippen molar-refractivity contribution in [2.45, 2.75) is 20.3 Å². The molecule has 0 heterocycles. The summed E-state index contributed by atoms with van der Waals surface area (Å²) in [4.78, 5) is 11.1. The Bertz CT molecular complexity index is 251. The first kappa shape index (κ1) is 12.2. The molecule has 0 bridgehead atoms. The highest BCUT2D eigenvalue weighted by molar-refractivity contribution is 6.15. The lowest BCUT2D eigenvalue weighted by Gasteiger charge is -1.96. The second-order valence-corrected chi connectivity index (χ2v) is 2.64. The van der Waals surface area contributed by atoms with E-state index in [2.05, 4.69) is 11.6 Å². The quantitative estimate of drug-likeness (QED) is 0.526. The summed E-state index contributed by atoms with van der Waals surface area (Å²) in [5, 5.41) is 0. The normalized spacial score (nSPS) is 8.62. The highest BCUT2D eigenvalue weighted by atomic mass is 35.5. The molecular formula is C11H15ClO. The van der Waals surface area contributed by atoms with Gasteiger partial charge in [-0.15, -0.1) is 11.6 Å². The second-order valence-electron chi connectivity index (χ2n) is 2.64. The van der Waals surface area contributed by atoms with Gasteiger partial charge in [0.05, 0.1) is 0 Å². The van der Waals surface area contributed by atoms with E-state index in [4.69, 9.17) is 0 Å². The fourth-order valence-electron chi connectivity index (χ4n) is 0.944. The number of hydrogen-bond donors (Lipinski definition) is 0. The third-order valence-corrected chi connectivity index (χ3v) is 1.69. The number of rotatable bonds is 2. The Morgan fingerprint density at radius 1 is 1.23 bits per heavy atom. The zero-order valence-corrected chi connectivity index (χ0v) is 9.06. The predicted octanol–water partition coefficient (Wildman–Crippen LogP) is 3.44. The average molecular weight is 199 g/mol. The van der Waals surface area contributed by atoms with E-state index in [1.165, 1.54) is 11.9 Å². The molecule has 0 saturated carbocycles. The molecule has 1 aromatic carbocycles. The van der Waals surface area contributed by atoms with Crippen molar-refractivity contribution in [1.29, 1.82) is 0 Å². The maximum Gasteiger partial charge on any atom is 0.162 e. The molecule has 0 aliphatic rings. The fourth-order valence-corrected chi connectivity index (χ4v) is 0.944. The van der Waals surface area contributed by atoms with Gasteiger partial charge in [-0.1, -0.05) is 36.8 Å². The molecule has 0 unspecified atom stereocenters. The number of ketones is 1. The van der Waals surface area contributed by atoms with Gasteiger partial charge in [-0.2, -0.15) is 0 Å². The number of carbonyl (C=O) groups is 1.